The highest BCUT2D eigenvalue weighted by atomic mass is 16.4. The minimum atomic E-state index is -0.781. The third-order valence-electron chi connectivity index (χ3n) is 2.48. The fourth-order valence-corrected chi connectivity index (χ4v) is 1.78. The first-order valence-electron chi connectivity index (χ1n) is 5.51. The molecule has 4 nitrogen and oxygen atoms in total. The maximum atomic E-state index is 11.1. The molecule has 0 spiro atoms. The van der Waals surface area contributed by atoms with Gasteiger partial charge in [0.25, 0.3) is 0 Å². The van der Waals surface area contributed by atoms with Crippen molar-refractivity contribution in [3.8, 4) is 0 Å². The van der Waals surface area contributed by atoms with Crippen molar-refractivity contribution in [2.45, 2.75) is 46.2 Å². The summed E-state index contributed by atoms with van der Waals surface area (Å²) in [6.07, 6.45) is 0.620. The number of carboxylic acids is 1. The second-order valence-corrected chi connectivity index (χ2v) is 4.44. The molecule has 0 aromatic carbocycles. The van der Waals surface area contributed by atoms with Crippen LogP contribution in [0.5, 0.6) is 0 Å². The number of rotatable bonds is 7. The first kappa shape index (κ1) is 14.4. The van der Waals surface area contributed by atoms with E-state index in [0.717, 1.165) is 0 Å². The predicted octanol–water partition coefficient (Wildman–Crippen LogP) is 1.19. The van der Waals surface area contributed by atoms with Gasteiger partial charge in [-0.05, 0) is 26.2 Å². The Morgan fingerprint density at radius 2 is 1.80 bits per heavy atom. The summed E-state index contributed by atoms with van der Waals surface area (Å²) in [5.41, 5.74) is 0. The molecule has 0 aliphatic rings. The van der Waals surface area contributed by atoms with Gasteiger partial charge in [0.15, 0.2) is 0 Å². The molecular formula is C11H23NO3. The van der Waals surface area contributed by atoms with E-state index < -0.39 is 12.0 Å². The Bertz CT molecular complexity index is 192. The molecule has 0 rings (SSSR count). The molecule has 1 unspecified atom stereocenters. The normalized spacial score (nSPS) is 13.9. The van der Waals surface area contributed by atoms with Crippen LogP contribution < -0.4 is 0 Å². The lowest BCUT2D eigenvalue weighted by Crippen LogP contribution is -2.48. The van der Waals surface area contributed by atoms with Gasteiger partial charge in [-0.15, -0.1) is 0 Å². The molecule has 0 aromatic heterocycles. The van der Waals surface area contributed by atoms with Gasteiger partial charge < -0.3 is 10.2 Å². The van der Waals surface area contributed by atoms with E-state index in [1.165, 1.54) is 0 Å². The Balaban J connectivity index is 4.60. The van der Waals surface area contributed by atoms with Gasteiger partial charge in [-0.3, -0.25) is 9.69 Å². The number of nitrogens with zero attached hydrogens (tertiary/aromatic N) is 1. The number of hydrogen-bond acceptors (Lipinski definition) is 3. The van der Waals surface area contributed by atoms with Crippen LogP contribution in [-0.2, 0) is 4.79 Å². The van der Waals surface area contributed by atoms with Gasteiger partial charge in [-0.2, -0.15) is 0 Å². The van der Waals surface area contributed by atoms with Gasteiger partial charge in [0.05, 0.1) is 0 Å². The summed E-state index contributed by atoms with van der Waals surface area (Å²) in [5.74, 6) is -0.708. The smallest absolute Gasteiger partial charge is 0.321 e. The van der Waals surface area contributed by atoms with E-state index in [9.17, 15) is 4.79 Å². The van der Waals surface area contributed by atoms with Crippen LogP contribution in [0.1, 0.15) is 34.1 Å². The van der Waals surface area contributed by atoms with Gasteiger partial charge >= 0.3 is 5.97 Å². The van der Waals surface area contributed by atoms with E-state index in [0.29, 0.717) is 13.0 Å². The molecule has 90 valence electrons. The summed E-state index contributed by atoms with van der Waals surface area (Å²) in [5, 5.41) is 17.9. The summed E-state index contributed by atoms with van der Waals surface area (Å²) in [7, 11) is 0. The molecular weight excluding hydrogens is 194 g/mol. The Morgan fingerprint density at radius 1 is 1.27 bits per heavy atom. The van der Waals surface area contributed by atoms with Gasteiger partial charge in [0.2, 0.25) is 0 Å². The van der Waals surface area contributed by atoms with Crippen LogP contribution in [0.25, 0.3) is 0 Å². The summed E-state index contributed by atoms with van der Waals surface area (Å²) < 4.78 is 0. The molecule has 0 radical (unpaired) electrons. The zero-order chi connectivity index (χ0) is 12.0. The minimum Gasteiger partial charge on any atom is -0.480 e. The Hall–Kier alpha value is -0.610. The van der Waals surface area contributed by atoms with E-state index in [1.807, 2.05) is 32.6 Å². The maximum Gasteiger partial charge on any atom is 0.321 e. The molecule has 0 bridgehead atoms. The van der Waals surface area contributed by atoms with Crippen LogP contribution in [0.4, 0.5) is 0 Å². The Morgan fingerprint density at radius 3 is 2.07 bits per heavy atom. The van der Waals surface area contributed by atoms with Crippen LogP contribution in [0.2, 0.25) is 0 Å². The lowest BCUT2D eigenvalue weighted by Gasteiger charge is -2.34. The minimum absolute atomic E-state index is 0.0728. The number of aliphatic hydroxyl groups is 1. The zero-order valence-corrected chi connectivity index (χ0v) is 10.1. The molecule has 0 fully saturated rings. The standard InChI is InChI=1S/C11H23NO3/c1-8(2)10(11(14)15)12(9(3)4)6-5-7-13/h8-10,13H,5-7H2,1-4H3,(H,14,15). The van der Waals surface area contributed by atoms with Crippen LogP contribution >= 0.6 is 0 Å². The van der Waals surface area contributed by atoms with Crippen molar-refractivity contribution in [2.75, 3.05) is 13.2 Å². The fraction of sp³-hybridized carbons (Fsp3) is 0.909. The molecule has 1 atom stereocenters. The van der Waals surface area contributed by atoms with Crippen LogP contribution in [0, 0.1) is 5.92 Å². The summed E-state index contributed by atoms with van der Waals surface area (Å²) in [4.78, 5) is 13.1. The second kappa shape index (κ2) is 6.80. The van der Waals surface area contributed by atoms with Crippen LogP contribution in [0.15, 0.2) is 0 Å². The molecule has 0 amide bonds. The lowest BCUT2D eigenvalue weighted by atomic mass is 10.0. The molecule has 0 aliphatic heterocycles. The Kier molecular flexibility index (Phi) is 6.52. The molecule has 0 heterocycles. The van der Waals surface area contributed by atoms with E-state index in [2.05, 4.69) is 0 Å². The molecule has 0 aliphatic carbocycles. The number of hydrogen-bond donors (Lipinski definition) is 2. The largest absolute Gasteiger partial charge is 0.480 e. The summed E-state index contributed by atoms with van der Waals surface area (Å²) in [6.45, 7) is 8.52. The first-order valence-corrected chi connectivity index (χ1v) is 5.51. The van der Waals surface area contributed by atoms with E-state index in [4.69, 9.17) is 10.2 Å². The summed E-state index contributed by atoms with van der Waals surface area (Å²) in [6, 6.07) is -0.281. The van der Waals surface area contributed by atoms with Crippen molar-refractivity contribution in [1.29, 1.82) is 0 Å². The zero-order valence-electron chi connectivity index (χ0n) is 10.1. The molecule has 15 heavy (non-hydrogen) atoms. The van der Waals surface area contributed by atoms with Crippen molar-refractivity contribution >= 4 is 5.97 Å². The average molecular weight is 217 g/mol. The highest BCUT2D eigenvalue weighted by molar-refractivity contribution is 5.73. The Labute approximate surface area is 91.9 Å². The van der Waals surface area contributed by atoms with E-state index >= 15 is 0 Å². The van der Waals surface area contributed by atoms with Gasteiger partial charge in [-0.1, -0.05) is 13.8 Å². The predicted molar refractivity (Wildman–Crippen MR) is 59.8 cm³/mol. The van der Waals surface area contributed by atoms with Gasteiger partial charge in [0.1, 0.15) is 6.04 Å². The fourth-order valence-electron chi connectivity index (χ4n) is 1.78. The SMILES string of the molecule is CC(C)C(C(=O)O)N(CCCO)C(C)C. The quantitative estimate of drug-likeness (QED) is 0.672. The topological polar surface area (TPSA) is 60.8 Å². The third-order valence-corrected chi connectivity index (χ3v) is 2.48. The van der Waals surface area contributed by atoms with Crippen molar-refractivity contribution in [3.63, 3.8) is 0 Å². The molecule has 0 saturated carbocycles. The first-order chi connectivity index (χ1) is 6.91. The highest BCUT2D eigenvalue weighted by Crippen LogP contribution is 2.15. The van der Waals surface area contributed by atoms with Crippen molar-refractivity contribution in [1.82, 2.24) is 4.90 Å². The number of aliphatic hydroxyl groups excluding tert-OH is 1. The highest BCUT2D eigenvalue weighted by Gasteiger charge is 2.29. The van der Waals surface area contributed by atoms with Gasteiger partial charge in [0, 0.05) is 19.2 Å². The van der Waals surface area contributed by atoms with Crippen molar-refractivity contribution in [3.05, 3.63) is 0 Å². The van der Waals surface area contributed by atoms with E-state index in [-0.39, 0.29) is 18.6 Å². The summed E-state index contributed by atoms with van der Waals surface area (Å²) >= 11 is 0. The maximum absolute atomic E-state index is 11.1. The van der Waals surface area contributed by atoms with Crippen molar-refractivity contribution < 1.29 is 15.0 Å². The van der Waals surface area contributed by atoms with Gasteiger partial charge in [-0.25, -0.2) is 0 Å². The molecule has 2 N–H and O–H groups in total. The average Bonchev–Trinajstić information content (AvgIpc) is 2.09. The van der Waals surface area contributed by atoms with E-state index in [1.54, 1.807) is 0 Å². The lowest BCUT2D eigenvalue weighted by molar-refractivity contribution is -0.146. The van der Waals surface area contributed by atoms with Crippen LogP contribution in [-0.4, -0.2) is 46.3 Å². The van der Waals surface area contributed by atoms with Crippen LogP contribution in [0.3, 0.4) is 0 Å². The monoisotopic (exact) mass is 217 g/mol. The number of carboxylic acid groups (broad SMARTS) is 1. The molecule has 0 saturated heterocycles. The number of carbonyl (C=O) groups is 1. The third kappa shape index (κ3) is 4.62. The molecule has 0 aromatic rings. The number of aliphatic carboxylic acids is 1. The second-order valence-electron chi connectivity index (χ2n) is 4.44. The van der Waals surface area contributed by atoms with Crippen molar-refractivity contribution in [2.24, 2.45) is 5.92 Å². The molecule has 4 heteroatoms.